The molecule has 0 radical (unpaired) electrons. The molecule has 4 rings (SSSR count). The van der Waals surface area contributed by atoms with Crippen LogP contribution in [0.3, 0.4) is 0 Å². The third-order valence-corrected chi connectivity index (χ3v) is 5.78. The molecular formula is C21H24IN5O2. The average molecular weight is 505 g/mol. The molecule has 8 heteroatoms. The molecule has 152 valence electrons. The highest BCUT2D eigenvalue weighted by atomic mass is 127. The largest absolute Gasteiger partial charge is 0.445 e. The van der Waals surface area contributed by atoms with E-state index in [9.17, 15) is 4.79 Å². The van der Waals surface area contributed by atoms with Gasteiger partial charge in [-0.1, -0.05) is 12.1 Å². The quantitative estimate of drug-likeness (QED) is 0.510. The summed E-state index contributed by atoms with van der Waals surface area (Å²) in [7, 11) is 3.99. The summed E-state index contributed by atoms with van der Waals surface area (Å²) in [4.78, 5) is 23.7. The number of anilines is 2. The number of carbonyl (C=O) groups is 1. The van der Waals surface area contributed by atoms with Crippen LogP contribution in [-0.4, -0.2) is 42.1 Å². The van der Waals surface area contributed by atoms with Gasteiger partial charge in [-0.25, -0.2) is 4.98 Å². The molecular weight excluding hydrogens is 481 g/mol. The lowest BCUT2D eigenvalue weighted by Crippen LogP contribution is -2.40. The summed E-state index contributed by atoms with van der Waals surface area (Å²) in [6, 6.07) is 12.0. The Hall–Kier alpha value is -2.36. The van der Waals surface area contributed by atoms with E-state index in [1.165, 1.54) is 0 Å². The first kappa shape index (κ1) is 19.9. The van der Waals surface area contributed by atoms with Crippen LogP contribution in [0.25, 0.3) is 10.9 Å². The first-order valence-corrected chi connectivity index (χ1v) is 10.8. The molecule has 7 nitrogen and oxygen atoms in total. The normalized spacial score (nSPS) is 19.1. The van der Waals surface area contributed by atoms with Gasteiger partial charge in [0.2, 0.25) is 5.95 Å². The molecule has 0 unspecified atom stereocenters. The average Bonchev–Trinajstić information content (AvgIpc) is 3.15. The predicted octanol–water partition coefficient (Wildman–Crippen LogP) is 4.05. The molecule has 1 aromatic carbocycles. The molecule has 1 amide bonds. The number of nitrogens with one attached hydrogen (secondary N) is 2. The monoisotopic (exact) mass is 505 g/mol. The van der Waals surface area contributed by atoms with Crippen LogP contribution in [0.15, 0.2) is 40.8 Å². The third-order valence-electron chi connectivity index (χ3n) is 5.20. The number of benzene rings is 1. The van der Waals surface area contributed by atoms with Crippen molar-refractivity contribution in [3.05, 3.63) is 45.9 Å². The van der Waals surface area contributed by atoms with E-state index in [4.69, 9.17) is 14.4 Å². The topological polar surface area (TPSA) is 83.3 Å². The maximum atomic E-state index is 12.3. The maximum absolute atomic E-state index is 12.3. The van der Waals surface area contributed by atoms with Crippen LogP contribution >= 0.6 is 22.6 Å². The molecule has 0 aliphatic heterocycles. The van der Waals surface area contributed by atoms with Crippen LogP contribution in [0.2, 0.25) is 0 Å². The molecule has 2 heterocycles. The van der Waals surface area contributed by atoms with Crippen molar-refractivity contribution in [3.8, 4) is 0 Å². The Balaban J connectivity index is 1.38. The van der Waals surface area contributed by atoms with E-state index in [1.807, 2.05) is 43.3 Å². The fourth-order valence-electron chi connectivity index (χ4n) is 3.72. The van der Waals surface area contributed by atoms with E-state index < -0.39 is 0 Å². The van der Waals surface area contributed by atoms with Gasteiger partial charge in [-0.3, -0.25) is 4.79 Å². The van der Waals surface area contributed by atoms with E-state index in [-0.39, 0.29) is 11.9 Å². The van der Waals surface area contributed by atoms with E-state index in [0.717, 1.165) is 42.4 Å². The first-order valence-electron chi connectivity index (χ1n) is 9.76. The van der Waals surface area contributed by atoms with E-state index in [0.29, 0.717) is 21.5 Å². The zero-order valence-electron chi connectivity index (χ0n) is 16.5. The highest BCUT2D eigenvalue weighted by molar-refractivity contribution is 14.1. The molecule has 0 bridgehead atoms. The Morgan fingerprint density at radius 3 is 2.48 bits per heavy atom. The number of para-hydroxylation sites is 1. The van der Waals surface area contributed by atoms with Gasteiger partial charge in [-0.15, -0.1) is 0 Å². The van der Waals surface area contributed by atoms with Crippen LogP contribution < -0.4 is 15.5 Å². The Labute approximate surface area is 183 Å². The molecule has 2 aromatic heterocycles. The van der Waals surface area contributed by atoms with Crippen molar-refractivity contribution in [1.29, 1.82) is 0 Å². The minimum Gasteiger partial charge on any atom is -0.445 e. The fourth-order valence-corrected chi connectivity index (χ4v) is 4.14. The van der Waals surface area contributed by atoms with Crippen molar-refractivity contribution in [2.24, 2.45) is 0 Å². The molecule has 1 aliphatic rings. The van der Waals surface area contributed by atoms with Crippen LogP contribution in [-0.2, 0) is 0 Å². The van der Waals surface area contributed by atoms with E-state index in [2.05, 4.69) is 33.2 Å². The molecule has 0 saturated heterocycles. The van der Waals surface area contributed by atoms with Gasteiger partial charge < -0.3 is 20.0 Å². The van der Waals surface area contributed by atoms with Crippen molar-refractivity contribution in [2.75, 3.05) is 24.3 Å². The number of hydrogen-bond acceptors (Lipinski definition) is 6. The second kappa shape index (κ2) is 8.56. The Kier molecular flexibility index (Phi) is 5.89. The van der Waals surface area contributed by atoms with Crippen molar-refractivity contribution in [1.82, 2.24) is 15.3 Å². The molecule has 3 aromatic rings. The number of carbonyl (C=O) groups excluding carboxylic acids is 1. The van der Waals surface area contributed by atoms with Crippen molar-refractivity contribution in [3.63, 3.8) is 0 Å². The summed E-state index contributed by atoms with van der Waals surface area (Å²) in [5.74, 6) is 1.80. The lowest BCUT2D eigenvalue weighted by atomic mass is 9.91. The zero-order chi connectivity index (χ0) is 20.4. The highest BCUT2D eigenvalue weighted by Gasteiger charge is 2.24. The number of fused-ring (bicyclic) bond motifs is 1. The van der Waals surface area contributed by atoms with Gasteiger partial charge >= 0.3 is 0 Å². The molecule has 1 fully saturated rings. The van der Waals surface area contributed by atoms with Gasteiger partial charge in [-0.2, -0.15) is 4.98 Å². The second-order valence-corrected chi connectivity index (χ2v) is 8.62. The van der Waals surface area contributed by atoms with E-state index >= 15 is 0 Å². The summed E-state index contributed by atoms with van der Waals surface area (Å²) < 4.78 is 6.11. The van der Waals surface area contributed by atoms with Gasteiger partial charge in [0.05, 0.1) is 5.52 Å². The van der Waals surface area contributed by atoms with Crippen LogP contribution in [0.1, 0.15) is 36.2 Å². The lowest BCUT2D eigenvalue weighted by molar-refractivity contribution is 0.0897. The highest BCUT2D eigenvalue weighted by Crippen LogP contribution is 2.26. The molecule has 2 N–H and O–H groups in total. The Morgan fingerprint density at radius 1 is 1.07 bits per heavy atom. The summed E-state index contributed by atoms with van der Waals surface area (Å²) in [6.07, 6.45) is 3.73. The maximum Gasteiger partial charge on any atom is 0.287 e. The Morgan fingerprint density at radius 2 is 1.79 bits per heavy atom. The van der Waals surface area contributed by atoms with E-state index in [1.54, 1.807) is 12.1 Å². The van der Waals surface area contributed by atoms with Crippen molar-refractivity contribution in [2.45, 2.75) is 37.8 Å². The van der Waals surface area contributed by atoms with Gasteiger partial charge in [0.25, 0.3) is 5.91 Å². The molecule has 1 saturated carbocycles. The van der Waals surface area contributed by atoms with Crippen molar-refractivity contribution >= 4 is 51.2 Å². The number of furan rings is 1. The SMILES string of the molecule is CN(C)c1nc(NC2CCC(NC(=O)c3ccc(I)o3)CC2)nc2ccccc12. The minimum atomic E-state index is -0.141. The minimum absolute atomic E-state index is 0.141. The first-order chi connectivity index (χ1) is 14.0. The van der Waals surface area contributed by atoms with Gasteiger partial charge in [0, 0.05) is 31.6 Å². The number of aromatic nitrogens is 2. The molecule has 0 spiro atoms. The standard InChI is InChI=1S/C21H24IN5O2/c1-27(2)19-15-5-3-4-6-16(15)25-21(26-19)24-14-9-7-13(8-10-14)23-20(28)17-11-12-18(22)29-17/h3-6,11-14H,7-10H2,1-2H3,(H,23,28)(H,24,25,26). The summed E-state index contributed by atoms with van der Waals surface area (Å²) in [5, 5.41) is 7.62. The smallest absolute Gasteiger partial charge is 0.287 e. The number of amides is 1. The number of nitrogens with zero attached hydrogens (tertiary/aromatic N) is 3. The second-order valence-electron chi connectivity index (χ2n) is 7.55. The summed E-state index contributed by atoms with van der Waals surface area (Å²) in [6.45, 7) is 0. The van der Waals surface area contributed by atoms with Gasteiger partial charge in [0.1, 0.15) is 5.82 Å². The van der Waals surface area contributed by atoms with Crippen LogP contribution in [0.4, 0.5) is 11.8 Å². The van der Waals surface area contributed by atoms with Crippen LogP contribution in [0, 0.1) is 3.77 Å². The lowest BCUT2D eigenvalue weighted by Gasteiger charge is -2.29. The fraction of sp³-hybridized carbons (Fsp3) is 0.381. The predicted molar refractivity (Wildman–Crippen MR) is 122 cm³/mol. The number of hydrogen-bond donors (Lipinski definition) is 2. The zero-order valence-corrected chi connectivity index (χ0v) is 18.6. The third kappa shape index (κ3) is 4.63. The van der Waals surface area contributed by atoms with Gasteiger partial charge in [-0.05, 0) is 72.5 Å². The van der Waals surface area contributed by atoms with Gasteiger partial charge in [0.15, 0.2) is 9.53 Å². The number of rotatable bonds is 5. The summed E-state index contributed by atoms with van der Waals surface area (Å²) in [5.41, 5.74) is 0.933. The van der Waals surface area contributed by atoms with Crippen LogP contribution in [0.5, 0.6) is 0 Å². The Bertz CT molecular complexity index is 1010. The van der Waals surface area contributed by atoms with Crippen molar-refractivity contribution < 1.29 is 9.21 Å². The molecule has 0 atom stereocenters. The molecule has 1 aliphatic carbocycles. The molecule has 29 heavy (non-hydrogen) atoms. The summed E-state index contributed by atoms with van der Waals surface area (Å²) >= 11 is 2.06. The number of halogens is 1.